The molecule has 2 aromatic carbocycles. The van der Waals surface area contributed by atoms with E-state index in [2.05, 4.69) is 5.43 Å². The molecule has 1 aromatic heterocycles. The van der Waals surface area contributed by atoms with Crippen LogP contribution in [0.4, 0.5) is 11.4 Å². The van der Waals surface area contributed by atoms with Gasteiger partial charge in [0, 0.05) is 34.7 Å². The van der Waals surface area contributed by atoms with E-state index in [1.54, 1.807) is 59.3 Å². The van der Waals surface area contributed by atoms with Crippen LogP contribution in [0.15, 0.2) is 72.4 Å². The van der Waals surface area contributed by atoms with Crippen LogP contribution in [0.3, 0.4) is 0 Å². The molecule has 0 atom stereocenters. The third kappa shape index (κ3) is 3.48. The van der Waals surface area contributed by atoms with Gasteiger partial charge in [-0.3, -0.25) is 25.1 Å². The average Bonchev–Trinajstić information content (AvgIpc) is 3.28. The van der Waals surface area contributed by atoms with E-state index in [0.717, 1.165) is 5.01 Å². The number of amides is 2. The van der Waals surface area contributed by atoms with E-state index in [1.165, 1.54) is 18.2 Å². The molecule has 4 rings (SSSR count). The largest absolute Gasteiger partial charge is 0.317 e. The summed E-state index contributed by atoms with van der Waals surface area (Å²) in [4.78, 5) is 35.5. The maximum atomic E-state index is 12.8. The summed E-state index contributed by atoms with van der Waals surface area (Å²) in [6, 6.07) is 16.0. The number of benzene rings is 2. The zero-order valence-corrected chi connectivity index (χ0v) is 15.5. The van der Waals surface area contributed by atoms with Gasteiger partial charge < -0.3 is 4.57 Å². The van der Waals surface area contributed by atoms with E-state index in [-0.39, 0.29) is 11.3 Å². The molecule has 9 heteroatoms. The Labute approximate surface area is 169 Å². The first-order chi connectivity index (χ1) is 13.9. The van der Waals surface area contributed by atoms with Gasteiger partial charge in [0.1, 0.15) is 5.57 Å². The van der Waals surface area contributed by atoms with E-state index >= 15 is 0 Å². The van der Waals surface area contributed by atoms with Gasteiger partial charge in [0.15, 0.2) is 0 Å². The van der Waals surface area contributed by atoms with Gasteiger partial charge in [0.05, 0.1) is 10.6 Å². The lowest BCUT2D eigenvalue weighted by atomic mass is 10.2. The molecule has 0 radical (unpaired) electrons. The van der Waals surface area contributed by atoms with Crippen LogP contribution in [0, 0.1) is 10.1 Å². The maximum Gasteiger partial charge on any atom is 0.282 e. The Morgan fingerprint density at radius 2 is 1.76 bits per heavy atom. The molecule has 0 spiro atoms. The summed E-state index contributed by atoms with van der Waals surface area (Å²) in [7, 11) is 0. The van der Waals surface area contributed by atoms with Gasteiger partial charge in [-0.05, 0) is 48.5 Å². The number of hydrogen-bond donors (Lipinski definition) is 1. The topological polar surface area (TPSA) is 97.5 Å². The number of nitro groups is 1. The number of nitro benzene ring substituents is 1. The highest BCUT2D eigenvalue weighted by Gasteiger charge is 2.34. The highest BCUT2D eigenvalue weighted by molar-refractivity contribution is 6.33. The zero-order valence-electron chi connectivity index (χ0n) is 14.8. The van der Waals surface area contributed by atoms with Crippen LogP contribution >= 0.6 is 11.6 Å². The number of hydrazine groups is 1. The highest BCUT2D eigenvalue weighted by Crippen LogP contribution is 2.25. The molecule has 0 aliphatic carbocycles. The highest BCUT2D eigenvalue weighted by atomic mass is 35.5. The summed E-state index contributed by atoms with van der Waals surface area (Å²) in [6.45, 7) is 0. The molecule has 144 valence electrons. The van der Waals surface area contributed by atoms with Gasteiger partial charge in [0.25, 0.3) is 17.5 Å². The van der Waals surface area contributed by atoms with Gasteiger partial charge in [-0.15, -0.1) is 0 Å². The summed E-state index contributed by atoms with van der Waals surface area (Å²) in [5.74, 6) is -1.04. The van der Waals surface area contributed by atoms with Crippen molar-refractivity contribution in [3.63, 3.8) is 0 Å². The minimum absolute atomic E-state index is 0.0247. The van der Waals surface area contributed by atoms with Crippen LogP contribution in [0.1, 0.15) is 5.69 Å². The molecule has 29 heavy (non-hydrogen) atoms. The minimum atomic E-state index is -0.536. The number of hydrogen-bond acceptors (Lipinski definition) is 4. The third-order valence-electron chi connectivity index (χ3n) is 4.37. The molecule has 1 aliphatic rings. The number of rotatable bonds is 4. The van der Waals surface area contributed by atoms with Crippen LogP contribution < -0.4 is 10.4 Å². The predicted octanol–water partition coefficient (Wildman–Crippen LogP) is 3.50. The van der Waals surface area contributed by atoms with Crippen molar-refractivity contribution in [3.05, 3.63) is 93.3 Å². The van der Waals surface area contributed by atoms with Crippen molar-refractivity contribution in [2.45, 2.75) is 0 Å². The minimum Gasteiger partial charge on any atom is -0.317 e. The first-order valence-electron chi connectivity index (χ1n) is 8.49. The fraction of sp³-hybridized carbons (Fsp3) is 0. The Kier molecular flexibility index (Phi) is 4.61. The monoisotopic (exact) mass is 408 g/mol. The van der Waals surface area contributed by atoms with Crippen LogP contribution in [-0.2, 0) is 9.59 Å². The summed E-state index contributed by atoms with van der Waals surface area (Å²) in [5, 5.41) is 12.4. The molecule has 1 fully saturated rings. The van der Waals surface area contributed by atoms with E-state index in [4.69, 9.17) is 11.6 Å². The summed E-state index contributed by atoms with van der Waals surface area (Å²) < 4.78 is 1.72. The van der Waals surface area contributed by atoms with Crippen LogP contribution in [0.5, 0.6) is 0 Å². The number of nitrogens with zero attached hydrogens (tertiary/aromatic N) is 3. The van der Waals surface area contributed by atoms with E-state index in [1.807, 2.05) is 0 Å². The Morgan fingerprint density at radius 3 is 2.45 bits per heavy atom. The van der Waals surface area contributed by atoms with Gasteiger partial charge in [-0.25, -0.2) is 5.01 Å². The first kappa shape index (κ1) is 18.5. The number of nitrogens with one attached hydrogen (secondary N) is 1. The van der Waals surface area contributed by atoms with Crippen LogP contribution in [-0.4, -0.2) is 21.3 Å². The van der Waals surface area contributed by atoms with Crippen molar-refractivity contribution in [1.29, 1.82) is 0 Å². The van der Waals surface area contributed by atoms with Crippen molar-refractivity contribution in [2.75, 3.05) is 5.01 Å². The van der Waals surface area contributed by atoms with E-state index < -0.39 is 16.7 Å². The number of halogens is 1. The molecular formula is C20H13ClN4O4. The average molecular weight is 409 g/mol. The Morgan fingerprint density at radius 1 is 1.00 bits per heavy atom. The molecule has 8 nitrogen and oxygen atoms in total. The molecule has 1 saturated heterocycles. The summed E-state index contributed by atoms with van der Waals surface area (Å²) in [6.07, 6.45) is 3.21. The molecule has 0 unspecified atom stereocenters. The first-order valence-corrected chi connectivity index (χ1v) is 8.87. The Balaban J connectivity index is 1.67. The smallest absolute Gasteiger partial charge is 0.282 e. The molecular weight excluding hydrogens is 396 g/mol. The van der Waals surface area contributed by atoms with Crippen molar-refractivity contribution in [3.8, 4) is 5.69 Å². The summed E-state index contributed by atoms with van der Waals surface area (Å²) in [5.41, 5.74) is 4.14. The van der Waals surface area contributed by atoms with Crippen molar-refractivity contribution in [1.82, 2.24) is 9.99 Å². The Bertz CT molecular complexity index is 1170. The SMILES string of the molecule is O=C1NN(c2cccc(Cl)c2)C(=O)C1=Cc1cccn1-c1ccc([N+](=O)[O-])cc1. The van der Waals surface area contributed by atoms with Crippen LogP contribution in [0.25, 0.3) is 11.8 Å². The van der Waals surface area contributed by atoms with Gasteiger partial charge in [-0.2, -0.15) is 0 Å². The standard InChI is InChI=1S/C20H13ClN4O4/c21-13-3-1-4-17(11-13)24-20(27)18(19(26)22-24)12-16-5-2-10-23(16)14-6-8-15(9-7-14)25(28)29/h1-12H,(H,22,26). The van der Waals surface area contributed by atoms with Gasteiger partial charge >= 0.3 is 0 Å². The van der Waals surface area contributed by atoms with Crippen LogP contribution in [0.2, 0.25) is 5.02 Å². The predicted molar refractivity (Wildman–Crippen MR) is 107 cm³/mol. The fourth-order valence-corrected chi connectivity index (χ4v) is 3.17. The van der Waals surface area contributed by atoms with E-state index in [0.29, 0.717) is 22.1 Å². The lowest BCUT2D eigenvalue weighted by Gasteiger charge is -2.14. The van der Waals surface area contributed by atoms with Crippen molar-refractivity contribution < 1.29 is 14.5 Å². The second-order valence-corrected chi connectivity index (χ2v) is 6.63. The fourth-order valence-electron chi connectivity index (χ4n) is 2.98. The van der Waals surface area contributed by atoms with Crippen molar-refractivity contribution >= 4 is 40.9 Å². The molecule has 2 heterocycles. The van der Waals surface area contributed by atoms with Crippen molar-refractivity contribution in [2.24, 2.45) is 0 Å². The number of aromatic nitrogens is 1. The number of anilines is 1. The third-order valence-corrected chi connectivity index (χ3v) is 4.60. The molecule has 0 bridgehead atoms. The number of carbonyl (C=O) groups excluding carboxylic acids is 2. The summed E-state index contributed by atoms with van der Waals surface area (Å²) >= 11 is 5.97. The molecule has 1 aliphatic heterocycles. The second kappa shape index (κ2) is 7.25. The quantitative estimate of drug-likeness (QED) is 0.309. The van der Waals surface area contributed by atoms with E-state index in [9.17, 15) is 19.7 Å². The second-order valence-electron chi connectivity index (χ2n) is 6.20. The van der Waals surface area contributed by atoms with Gasteiger partial charge in [0.2, 0.25) is 0 Å². The normalized spacial score (nSPS) is 15.1. The maximum absolute atomic E-state index is 12.8. The molecule has 1 N–H and O–H groups in total. The Hall–Kier alpha value is -3.91. The lowest BCUT2D eigenvalue weighted by molar-refractivity contribution is -0.384. The molecule has 3 aromatic rings. The zero-order chi connectivity index (χ0) is 20.5. The lowest BCUT2D eigenvalue weighted by Crippen LogP contribution is -2.35. The number of non-ortho nitro benzene ring substituents is 1. The molecule has 2 amide bonds. The van der Waals surface area contributed by atoms with Gasteiger partial charge in [-0.1, -0.05) is 17.7 Å². The number of carbonyl (C=O) groups is 2. The molecule has 0 saturated carbocycles.